The number of hydrogen-bond acceptors (Lipinski definition) is 3. The van der Waals surface area contributed by atoms with Gasteiger partial charge in [-0.2, -0.15) is 0 Å². The van der Waals surface area contributed by atoms with Crippen LogP contribution < -0.4 is 11.1 Å². The first-order valence-electron chi connectivity index (χ1n) is 5.00. The van der Waals surface area contributed by atoms with Gasteiger partial charge in [0.1, 0.15) is 5.82 Å². The number of aromatic nitrogens is 1. The largest absolute Gasteiger partial charge is 0.397 e. The van der Waals surface area contributed by atoms with Crippen LogP contribution in [0.25, 0.3) is 0 Å². The number of pyridine rings is 1. The standard InChI is InChI=1S/C12H11BrClN3/c1-7-4-12(16-6-11(7)15)17-8-2-3-10(14)9(13)5-8/h2-6H,15H2,1H3,(H,16,17). The van der Waals surface area contributed by atoms with Crippen molar-refractivity contribution in [3.63, 3.8) is 0 Å². The molecule has 17 heavy (non-hydrogen) atoms. The van der Waals surface area contributed by atoms with E-state index in [1.165, 1.54) is 0 Å². The summed E-state index contributed by atoms with van der Waals surface area (Å²) in [5.74, 6) is 0.755. The highest BCUT2D eigenvalue weighted by atomic mass is 79.9. The summed E-state index contributed by atoms with van der Waals surface area (Å²) >= 11 is 9.30. The van der Waals surface area contributed by atoms with Crippen LogP contribution >= 0.6 is 27.5 Å². The number of halogens is 2. The molecule has 0 atom stereocenters. The van der Waals surface area contributed by atoms with Crippen molar-refractivity contribution in [2.75, 3.05) is 11.1 Å². The summed E-state index contributed by atoms with van der Waals surface area (Å²) in [5.41, 5.74) is 8.31. The third-order valence-corrected chi connectivity index (χ3v) is 3.56. The molecule has 5 heteroatoms. The van der Waals surface area contributed by atoms with Gasteiger partial charge in [-0.1, -0.05) is 11.6 Å². The Kier molecular flexibility index (Phi) is 3.54. The Hall–Kier alpha value is -1.26. The number of aryl methyl sites for hydroxylation is 1. The lowest BCUT2D eigenvalue weighted by Gasteiger charge is -2.08. The first-order valence-corrected chi connectivity index (χ1v) is 6.17. The maximum atomic E-state index is 5.92. The molecular weight excluding hydrogens is 302 g/mol. The average Bonchev–Trinajstić information content (AvgIpc) is 2.29. The topological polar surface area (TPSA) is 50.9 Å². The lowest BCUT2D eigenvalue weighted by Crippen LogP contribution is -1.97. The van der Waals surface area contributed by atoms with Gasteiger partial charge in [0.05, 0.1) is 16.9 Å². The van der Waals surface area contributed by atoms with Crippen molar-refractivity contribution in [3.05, 3.63) is 45.5 Å². The summed E-state index contributed by atoms with van der Waals surface area (Å²) < 4.78 is 0.844. The van der Waals surface area contributed by atoms with Crippen LogP contribution in [0.4, 0.5) is 17.2 Å². The molecule has 0 amide bonds. The first-order chi connectivity index (χ1) is 8.06. The Bertz CT molecular complexity index is 508. The number of nitrogens with two attached hydrogens (primary N) is 1. The predicted octanol–water partition coefficient (Wildman–Crippen LogP) is 4.13. The molecule has 2 rings (SSSR count). The Morgan fingerprint density at radius 2 is 2.12 bits per heavy atom. The van der Waals surface area contributed by atoms with E-state index in [-0.39, 0.29) is 0 Å². The van der Waals surface area contributed by atoms with Crippen molar-refractivity contribution in [1.29, 1.82) is 0 Å². The normalized spacial score (nSPS) is 10.3. The van der Waals surface area contributed by atoms with Gasteiger partial charge in [0, 0.05) is 10.2 Å². The van der Waals surface area contributed by atoms with Crippen LogP contribution in [-0.2, 0) is 0 Å². The van der Waals surface area contributed by atoms with Crippen molar-refractivity contribution >= 4 is 44.7 Å². The molecule has 2 aromatic rings. The van der Waals surface area contributed by atoms with Gasteiger partial charge in [-0.05, 0) is 52.7 Å². The van der Waals surface area contributed by atoms with Crippen molar-refractivity contribution in [2.45, 2.75) is 6.92 Å². The summed E-state index contributed by atoms with van der Waals surface area (Å²) in [7, 11) is 0. The molecule has 0 saturated carbocycles. The van der Waals surface area contributed by atoms with E-state index in [1.54, 1.807) is 6.20 Å². The van der Waals surface area contributed by atoms with Crippen molar-refractivity contribution in [3.8, 4) is 0 Å². The second-order valence-corrected chi connectivity index (χ2v) is 4.94. The number of rotatable bonds is 2. The minimum atomic E-state index is 0.678. The van der Waals surface area contributed by atoms with Gasteiger partial charge in [-0.3, -0.25) is 0 Å². The fraction of sp³-hybridized carbons (Fsp3) is 0.0833. The number of hydrogen-bond donors (Lipinski definition) is 2. The number of anilines is 3. The molecular formula is C12H11BrClN3. The van der Waals surface area contributed by atoms with Gasteiger partial charge in [0.25, 0.3) is 0 Å². The summed E-state index contributed by atoms with van der Waals surface area (Å²) in [6.07, 6.45) is 1.64. The summed E-state index contributed by atoms with van der Waals surface area (Å²) in [4.78, 5) is 4.20. The molecule has 0 bridgehead atoms. The van der Waals surface area contributed by atoms with Gasteiger partial charge in [-0.15, -0.1) is 0 Å². The Balaban J connectivity index is 2.25. The summed E-state index contributed by atoms with van der Waals surface area (Å²) in [5, 5.41) is 3.86. The third kappa shape index (κ3) is 2.90. The fourth-order valence-corrected chi connectivity index (χ4v) is 1.85. The maximum Gasteiger partial charge on any atom is 0.130 e. The highest BCUT2D eigenvalue weighted by Gasteiger charge is 2.01. The fourth-order valence-electron chi connectivity index (χ4n) is 1.36. The molecule has 0 radical (unpaired) electrons. The molecule has 3 N–H and O–H groups in total. The monoisotopic (exact) mass is 311 g/mol. The number of nitrogen functional groups attached to an aromatic ring is 1. The van der Waals surface area contributed by atoms with E-state index < -0.39 is 0 Å². The molecule has 0 fully saturated rings. The smallest absolute Gasteiger partial charge is 0.130 e. The van der Waals surface area contributed by atoms with Crippen LogP contribution in [-0.4, -0.2) is 4.98 Å². The molecule has 0 saturated heterocycles. The van der Waals surface area contributed by atoms with E-state index in [2.05, 4.69) is 26.2 Å². The molecule has 0 aliphatic carbocycles. The second kappa shape index (κ2) is 4.94. The molecule has 0 unspecified atom stereocenters. The van der Waals surface area contributed by atoms with Crippen LogP contribution in [0.3, 0.4) is 0 Å². The zero-order valence-electron chi connectivity index (χ0n) is 9.17. The van der Waals surface area contributed by atoms with Gasteiger partial charge in [-0.25, -0.2) is 4.98 Å². The van der Waals surface area contributed by atoms with Crippen LogP contribution in [0.1, 0.15) is 5.56 Å². The maximum absolute atomic E-state index is 5.92. The van der Waals surface area contributed by atoms with E-state index >= 15 is 0 Å². The first kappa shape index (κ1) is 12.2. The van der Waals surface area contributed by atoms with Crippen molar-refractivity contribution < 1.29 is 0 Å². The van der Waals surface area contributed by atoms with E-state index in [1.807, 2.05) is 31.2 Å². The van der Waals surface area contributed by atoms with E-state index in [9.17, 15) is 0 Å². The summed E-state index contributed by atoms with van der Waals surface area (Å²) in [6.45, 7) is 1.94. The molecule has 0 aliphatic heterocycles. The Morgan fingerprint density at radius 3 is 2.76 bits per heavy atom. The molecule has 1 heterocycles. The molecule has 1 aromatic carbocycles. The Morgan fingerprint density at radius 1 is 1.35 bits per heavy atom. The Labute approximate surface area is 113 Å². The SMILES string of the molecule is Cc1cc(Nc2ccc(Cl)c(Br)c2)ncc1N. The molecule has 0 spiro atoms. The van der Waals surface area contributed by atoms with Gasteiger partial charge >= 0.3 is 0 Å². The molecule has 3 nitrogen and oxygen atoms in total. The zero-order valence-corrected chi connectivity index (χ0v) is 11.5. The van der Waals surface area contributed by atoms with Crippen LogP contribution in [0, 0.1) is 6.92 Å². The second-order valence-electron chi connectivity index (χ2n) is 3.68. The molecule has 88 valence electrons. The third-order valence-electron chi connectivity index (χ3n) is 2.34. The number of nitrogens with one attached hydrogen (secondary N) is 1. The minimum absolute atomic E-state index is 0.678. The average molecular weight is 313 g/mol. The predicted molar refractivity (Wildman–Crippen MR) is 75.8 cm³/mol. The van der Waals surface area contributed by atoms with Crippen molar-refractivity contribution in [1.82, 2.24) is 4.98 Å². The van der Waals surface area contributed by atoms with Crippen molar-refractivity contribution in [2.24, 2.45) is 0 Å². The molecule has 0 aliphatic rings. The van der Waals surface area contributed by atoms with E-state index in [0.29, 0.717) is 10.7 Å². The van der Waals surface area contributed by atoms with Gasteiger partial charge in [0.2, 0.25) is 0 Å². The van der Waals surface area contributed by atoms with Crippen LogP contribution in [0.15, 0.2) is 34.9 Å². The van der Waals surface area contributed by atoms with Crippen LogP contribution in [0.2, 0.25) is 5.02 Å². The number of benzene rings is 1. The lowest BCUT2D eigenvalue weighted by atomic mass is 10.2. The zero-order chi connectivity index (χ0) is 12.4. The summed E-state index contributed by atoms with van der Waals surface area (Å²) in [6, 6.07) is 7.51. The minimum Gasteiger partial charge on any atom is -0.397 e. The molecule has 1 aromatic heterocycles. The highest BCUT2D eigenvalue weighted by molar-refractivity contribution is 9.10. The number of nitrogens with zero attached hydrogens (tertiary/aromatic N) is 1. The van der Waals surface area contributed by atoms with Crippen LogP contribution in [0.5, 0.6) is 0 Å². The van der Waals surface area contributed by atoms with Gasteiger partial charge < -0.3 is 11.1 Å². The van der Waals surface area contributed by atoms with Gasteiger partial charge in [0.15, 0.2) is 0 Å². The highest BCUT2D eigenvalue weighted by Crippen LogP contribution is 2.27. The lowest BCUT2D eigenvalue weighted by molar-refractivity contribution is 1.28. The quantitative estimate of drug-likeness (QED) is 0.876. The van der Waals surface area contributed by atoms with E-state index in [0.717, 1.165) is 21.5 Å². The van der Waals surface area contributed by atoms with E-state index in [4.69, 9.17) is 17.3 Å².